The minimum absolute atomic E-state index is 0.0647. The number of imide groups is 1. The first kappa shape index (κ1) is 20.7. The number of hydrogen-bond donors (Lipinski definition) is 2. The van der Waals surface area contributed by atoms with E-state index in [9.17, 15) is 22.8 Å². The largest absolute Gasteiger partial charge is 0.289 e. The highest BCUT2D eigenvalue weighted by Gasteiger charge is 2.38. The van der Waals surface area contributed by atoms with E-state index in [2.05, 4.69) is 13.2 Å². The first-order chi connectivity index (χ1) is 11.6. The Kier molecular flexibility index (Phi) is 6.76. The molecule has 0 saturated carbocycles. The maximum Gasteiger partial charge on any atom is 0.264 e. The zero-order chi connectivity index (χ0) is 19.4. The van der Waals surface area contributed by atoms with Crippen molar-refractivity contribution in [3.8, 4) is 0 Å². The summed E-state index contributed by atoms with van der Waals surface area (Å²) in [5.41, 5.74) is 1.46. The van der Waals surface area contributed by atoms with Crippen LogP contribution in [0, 0.1) is 0 Å². The van der Waals surface area contributed by atoms with Crippen molar-refractivity contribution in [2.75, 3.05) is 19.9 Å². The third-order valence-corrected chi connectivity index (χ3v) is 4.51. The van der Waals surface area contributed by atoms with Crippen LogP contribution in [-0.2, 0) is 29.2 Å². The summed E-state index contributed by atoms with van der Waals surface area (Å²) in [6.45, 7) is 6.63. The van der Waals surface area contributed by atoms with Crippen LogP contribution in [0.15, 0.2) is 36.5 Å². The van der Waals surface area contributed by atoms with E-state index in [0.717, 1.165) is 18.3 Å². The molecule has 0 bridgehead atoms. The van der Waals surface area contributed by atoms with Gasteiger partial charge in [-0.25, -0.2) is 13.9 Å². The van der Waals surface area contributed by atoms with Crippen molar-refractivity contribution in [1.82, 2.24) is 14.8 Å². The predicted octanol–water partition coefficient (Wildman–Crippen LogP) is -0.889. The normalized spacial score (nSPS) is 16.4. The molecule has 0 unspecified atom stereocenters. The summed E-state index contributed by atoms with van der Waals surface area (Å²) >= 11 is 0. The monoisotopic (exact) mass is 373 g/mol. The fourth-order valence-electron chi connectivity index (χ4n) is 2.36. The van der Waals surface area contributed by atoms with Gasteiger partial charge in [0, 0.05) is 6.54 Å². The molecular weight excluding hydrogens is 354 g/mol. The molecule has 0 spiro atoms. The van der Waals surface area contributed by atoms with Crippen molar-refractivity contribution in [3.63, 3.8) is 0 Å². The summed E-state index contributed by atoms with van der Waals surface area (Å²) in [4.78, 5) is 41.8. The average molecular weight is 373 g/mol. The summed E-state index contributed by atoms with van der Waals surface area (Å²) in [7, 11) is -2.94. The molecule has 0 aromatic rings. The van der Waals surface area contributed by atoms with Gasteiger partial charge in [0.2, 0.25) is 10.0 Å². The summed E-state index contributed by atoms with van der Waals surface area (Å²) in [5.74, 6) is -2.35. The van der Waals surface area contributed by atoms with Crippen molar-refractivity contribution >= 4 is 27.7 Å². The molecule has 1 heterocycles. The Balaban J connectivity index is 3.05. The highest BCUT2D eigenvalue weighted by atomic mass is 32.2. The minimum atomic E-state index is -3.96. The van der Waals surface area contributed by atoms with Gasteiger partial charge < -0.3 is 0 Å². The first-order valence-corrected chi connectivity index (χ1v) is 8.81. The van der Waals surface area contributed by atoms with Crippen molar-refractivity contribution in [2.24, 2.45) is 0 Å². The molecule has 10 nitrogen and oxygen atoms in total. The summed E-state index contributed by atoms with van der Waals surface area (Å²) in [6.07, 6.45) is 2.92. The molecule has 11 heteroatoms. The summed E-state index contributed by atoms with van der Waals surface area (Å²) < 4.78 is 23.8. The van der Waals surface area contributed by atoms with Crippen molar-refractivity contribution in [3.05, 3.63) is 36.5 Å². The van der Waals surface area contributed by atoms with Gasteiger partial charge in [-0.3, -0.25) is 29.3 Å². The van der Waals surface area contributed by atoms with Gasteiger partial charge in [0.15, 0.2) is 0 Å². The summed E-state index contributed by atoms with van der Waals surface area (Å²) in [5, 5.41) is 8.81. The van der Waals surface area contributed by atoms with E-state index in [1.807, 2.05) is 0 Å². The van der Waals surface area contributed by atoms with E-state index in [1.165, 1.54) is 17.6 Å². The zero-order valence-corrected chi connectivity index (χ0v) is 14.6. The molecule has 1 aliphatic heterocycles. The molecule has 0 aliphatic carbocycles. The highest BCUT2D eigenvalue weighted by molar-refractivity contribution is 7.88. The minimum Gasteiger partial charge on any atom is -0.289 e. The fraction of sp³-hybridized carbons (Fsp3) is 0.357. The van der Waals surface area contributed by atoms with Gasteiger partial charge in [-0.1, -0.05) is 29.8 Å². The molecule has 1 aliphatic rings. The molecule has 0 radical (unpaired) electrons. The lowest BCUT2D eigenvalue weighted by molar-refractivity contribution is -0.150. The van der Waals surface area contributed by atoms with Crippen LogP contribution in [0.5, 0.6) is 0 Å². The van der Waals surface area contributed by atoms with E-state index in [4.69, 9.17) is 10.0 Å². The molecule has 25 heavy (non-hydrogen) atoms. The van der Waals surface area contributed by atoms with Gasteiger partial charge in [-0.05, 0) is 6.42 Å². The lowest BCUT2D eigenvalue weighted by Gasteiger charge is -2.26. The van der Waals surface area contributed by atoms with Gasteiger partial charge in [-0.15, -0.1) is 0 Å². The third-order valence-electron chi connectivity index (χ3n) is 3.45. The number of amides is 3. The number of rotatable bonds is 9. The van der Waals surface area contributed by atoms with Crippen LogP contribution in [0.4, 0.5) is 0 Å². The smallest absolute Gasteiger partial charge is 0.264 e. The van der Waals surface area contributed by atoms with E-state index in [1.54, 1.807) is 0 Å². The Morgan fingerprint density at radius 2 is 1.80 bits per heavy atom. The zero-order valence-electron chi connectivity index (χ0n) is 13.8. The second-order valence-corrected chi connectivity index (χ2v) is 6.80. The topological polar surface area (TPSA) is 133 Å². The average Bonchev–Trinajstić information content (AvgIpc) is 2.78. The maximum absolute atomic E-state index is 12.2. The molecular formula is C14H19N3O7S. The van der Waals surface area contributed by atoms with Crippen LogP contribution in [0.2, 0.25) is 0 Å². The van der Waals surface area contributed by atoms with E-state index in [0.29, 0.717) is 4.47 Å². The Labute approximate surface area is 145 Å². The molecule has 0 fully saturated rings. The molecule has 1 rings (SSSR count). The van der Waals surface area contributed by atoms with Gasteiger partial charge in [-0.2, -0.15) is 0 Å². The van der Waals surface area contributed by atoms with Crippen LogP contribution in [-0.4, -0.2) is 66.7 Å². The second-order valence-electron chi connectivity index (χ2n) is 4.98. The maximum atomic E-state index is 12.2. The number of sulfonamides is 1. The van der Waals surface area contributed by atoms with Gasteiger partial charge >= 0.3 is 0 Å². The fourth-order valence-corrected chi connectivity index (χ4v) is 3.30. The summed E-state index contributed by atoms with van der Waals surface area (Å²) in [6, 6.07) is -1.49. The van der Waals surface area contributed by atoms with Crippen molar-refractivity contribution in [2.45, 2.75) is 12.5 Å². The number of carbonyl (C=O) groups excluding carboxylic acids is 3. The van der Waals surface area contributed by atoms with Crippen LogP contribution < -0.4 is 5.48 Å². The molecule has 0 saturated heterocycles. The van der Waals surface area contributed by atoms with Crippen LogP contribution in [0.1, 0.15) is 6.42 Å². The Morgan fingerprint density at radius 3 is 2.12 bits per heavy atom. The van der Waals surface area contributed by atoms with Crippen LogP contribution in [0.3, 0.4) is 0 Å². The molecule has 3 amide bonds. The Bertz CT molecular complexity index is 712. The van der Waals surface area contributed by atoms with Crippen molar-refractivity contribution in [1.29, 1.82) is 0 Å². The SMILES string of the molecule is C=CC1=C(C=C)C(=O)N(CC[C@H](C(=O)NO)N(OC)S(C)(=O)=O)C1=O. The molecule has 0 aromatic carbocycles. The number of hydrogen-bond acceptors (Lipinski definition) is 7. The Hall–Kier alpha value is -2.34. The second kappa shape index (κ2) is 8.16. The molecule has 138 valence electrons. The Morgan fingerprint density at radius 1 is 1.32 bits per heavy atom. The number of nitrogens with one attached hydrogen (secondary N) is 1. The van der Waals surface area contributed by atoms with Crippen LogP contribution >= 0.6 is 0 Å². The number of hydroxylamine groups is 2. The first-order valence-electron chi connectivity index (χ1n) is 6.96. The molecule has 0 aromatic heterocycles. The number of nitrogens with zero attached hydrogens (tertiary/aromatic N) is 2. The quantitative estimate of drug-likeness (QED) is 0.304. The predicted molar refractivity (Wildman–Crippen MR) is 86.2 cm³/mol. The van der Waals surface area contributed by atoms with E-state index in [-0.39, 0.29) is 24.1 Å². The highest BCUT2D eigenvalue weighted by Crippen LogP contribution is 2.23. The molecule has 1 atom stereocenters. The lowest BCUT2D eigenvalue weighted by Crippen LogP contribution is -2.49. The molecule has 2 N–H and O–H groups in total. The standard InChI is InChI=1S/C14H19N3O7S/c1-5-9-10(6-2)14(20)16(13(9)19)8-7-11(12(18)15-21)17(24-3)25(4,22)23/h5-6,11,21H,1-2,7-8H2,3-4H3,(H,15,18)/t11-/m1/s1. The van der Waals surface area contributed by atoms with Gasteiger partial charge in [0.25, 0.3) is 17.7 Å². The van der Waals surface area contributed by atoms with Gasteiger partial charge in [0.05, 0.1) is 24.5 Å². The number of carbonyl (C=O) groups is 3. The van der Waals surface area contributed by atoms with Crippen molar-refractivity contribution < 1.29 is 32.8 Å². The van der Waals surface area contributed by atoms with Crippen LogP contribution in [0.25, 0.3) is 0 Å². The van der Waals surface area contributed by atoms with E-state index >= 15 is 0 Å². The lowest BCUT2D eigenvalue weighted by atomic mass is 10.1. The van der Waals surface area contributed by atoms with Gasteiger partial charge in [0.1, 0.15) is 6.04 Å². The third kappa shape index (κ3) is 4.20. The van der Waals surface area contributed by atoms with E-state index < -0.39 is 33.8 Å².